The molecule has 1 aromatic rings. The molecule has 1 atom stereocenters. The lowest BCUT2D eigenvalue weighted by molar-refractivity contribution is -0.176. The van der Waals surface area contributed by atoms with Crippen molar-refractivity contribution in [3.8, 4) is 0 Å². The fraction of sp³-hybridized carbons (Fsp3) is 0.250. The molecule has 0 N–H and O–H groups in total. The predicted molar refractivity (Wildman–Crippen MR) is 72.4 cm³/mol. The summed E-state index contributed by atoms with van der Waals surface area (Å²) in [6.45, 7) is 0. The van der Waals surface area contributed by atoms with Gasteiger partial charge in [-0.1, -0.05) is 48.6 Å². The molecule has 0 aliphatic heterocycles. The molecule has 1 aliphatic rings. The molecule has 1 fully saturated rings. The van der Waals surface area contributed by atoms with Crippen LogP contribution in [0.2, 0.25) is 0 Å². The number of alkyl halides is 3. The lowest BCUT2D eigenvalue weighted by Crippen LogP contribution is -2.32. The van der Waals surface area contributed by atoms with Gasteiger partial charge in [0.1, 0.15) is 0 Å². The van der Waals surface area contributed by atoms with Gasteiger partial charge in [-0.05, 0) is 24.0 Å². The first-order chi connectivity index (χ1) is 9.89. The molecule has 1 aliphatic carbocycles. The zero-order valence-corrected chi connectivity index (χ0v) is 11.1. The molecule has 21 heavy (non-hydrogen) atoms. The number of allylic oxidation sites excluding steroid dienone is 3. The average Bonchev–Trinajstić information content (AvgIpc) is 2.80. The van der Waals surface area contributed by atoms with Crippen molar-refractivity contribution < 1.29 is 22.8 Å². The zero-order valence-electron chi connectivity index (χ0n) is 11.1. The number of halogens is 3. The summed E-state index contributed by atoms with van der Waals surface area (Å²) in [6, 6.07) is 9.30. The molecule has 1 aromatic carbocycles. The van der Waals surface area contributed by atoms with Gasteiger partial charge in [-0.15, -0.1) is 0 Å². The minimum absolute atomic E-state index is 0.0673. The summed E-state index contributed by atoms with van der Waals surface area (Å²) in [5.41, 5.74) is 1.19. The highest BCUT2D eigenvalue weighted by Gasteiger charge is 2.48. The second-order valence-corrected chi connectivity index (χ2v) is 4.78. The van der Waals surface area contributed by atoms with E-state index in [9.17, 15) is 22.8 Å². The van der Waals surface area contributed by atoms with E-state index in [-0.39, 0.29) is 18.4 Å². The second kappa shape index (κ2) is 6.08. The van der Waals surface area contributed by atoms with Crippen molar-refractivity contribution in [2.75, 3.05) is 0 Å². The van der Waals surface area contributed by atoms with Crippen LogP contribution in [-0.2, 0) is 9.59 Å². The number of ketones is 2. The van der Waals surface area contributed by atoms with Crippen molar-refractivity contribution in [1.82, 2.24) is 0 Å². The third-order valence-corrected chi connectivity index (χ3v) is 3.32. The van der Waals surface area contributed by atoms with Crippen molar-refractivity contribution in [3.63, 3.8) is 0 Å². The molecule has 0 aromatic heterocycles. The van der Waals surface area contributed by atoms with E-state index in [4.69, 9.17) is 0 Å². The van der Waals surface area contributed by atoms with Gasteiger partial charge in [0.2, 0.25) is 5.78 Å². The minimum Gasteiger partial charge on any atom is -0.294 e. The van der Waals surface area contributed by atoms with Gasteiger partial charge >= 0.3 is 6.18 Å². The van der Waals surface area contributed by atoms with Gasteiger partial charge in [0.15, 0.2) is 5.78 Å². The molecule has 0 saturated heterocycles. The number of carbonyl (C=O) groups is 2. The third-order valence-electron chi connectivity index (χ3n) is 3.32. The molecule has 0 spiro atoms. The Hall–Kier alpha value is -2.17. The van der Waals surface area contributed by atoms with Gasteiger partial charge in [0.25, 0.3) is 0 Å². The topological polar surface area (TPSA) is 34.1 Å². The molecule has 1 saturated carbocycles. The Bertz CT molecular complexity index is 598. The Morgan fingerprint density at radius 1 is 1.19 bits per heavy atom. The number of hydrogen-bond acceptors (Lipinski definition) is 2. The summed E-state index contributed by atoms with van der Waals surface area (Å²) >= 11 is 0. The molecular weight excluding hydrogens is 281 g/mol. The highest BCUT2D eigenvalue weighted by molar-refractivity contribution is 6.13. The molecule has 2 nitrogen and oxygen atoms in total. The highest BCUT2D eigenvalue weighted by Crippen LogP contribution is 2.32. The maximum atomic E-state index is 12.3. The maximum absolute atomic E-state index is 12.3. The van der Waals surface area contributed by atoms with Crippen LogP contribution < -0.4 is 0 Å². The van der Waals surface area contributed by atoms with Gasteiger partial charge in [0.05, 0.1) is 5.92 Å². The fourth-order valence-electron chi connectivity index (χ4n) is 2.23. The summed E-state index contributed by atoms with van der Waals surface area (Å²) in [6.07, 6.45) is 0.0312. The minimum atomic E-state index is -4.95. The van der Waals surface area contributed by atoms with Crippen LogP contribution in [-0.4, -0.2) is 17.7 Å². The van der Waals surface area contributed by atoms with Crippen molar-refractivity contribution in [1.29, 1.82) is 0 Å². The Kier molecular flexibility index (Phi) is 4.40. The summed E-state index contributed by atoms with van der Waals surface area (Å²) in [5.74, 6) is -4.22. The number of carbonyl (C=O) groups excluding carboxylic acids is 2. The van der Waals surface area contributed by atoms with Crippen LogP contribution in [0.15, 0.2) is 48.1 Å². The van der Waals surface area contributed by atoms with E-state index in [1.807, 2.05) is 30.3 Å². The van der Waals surface area contributed by atoms with Gasteiger partial charge in [-0.25, -0.2) is 0 Å². The average molecular weight is 294 g/mol. The molecule has 5 heteroatoms. The van der Waals surface area contributed by atoms with E-state index in [2.05, 4.69) is 0 Å². The maximum Gasteiger partial charge on any atom is 0.450 e. The normalized spacial score (nSPS) is 21.4. The Morgan fingerprint density at radius 3 is 2.48 bits per heavy atom. The summed E-state index contributed by atoms with van der Waals surface area (Å²) in [7, 11) is 0. The number of Topliss-reactive ketones (excluding diaryl/α,β-unsaturated/α-hetero) is 2. The number of benzene rings is 1. The second-order valence-electron chi connectivity index (χ2n) is 4.78. The Labute approximate surface area is 120 Å². The van der Waals surface area contributed by atoms with Gasteiger partial charge in [-0.3, -0.25) is 9.59 Å². The zero-order chi connectivity index (χ0) is 15.5. The van der Waals surface area contributed by atoms with Crippen molar-refractivity contribution in [3.05, 3.63) is 53.6 Å². The highest BCUT2D eigenvalue weighted by atomic mass is 19.4. The molecule has 110 valence electrons. The summed E-state index contributed by atoms with van der Waals surface area (Å²) in [4.78, 5) is 22.9. The van der Waals surface area contributed by atoms with Crippen LogP contribution in [0.4, 0.5) is 13.2 Å². The summed E-state index contributed by atoms with van der Waals surface area (Å²) < 4.78 is 37.0. The van der Waals surface area contributed by atoms with E-state index in [0.717, 1.165) is 5.56 Å². The molecule has 1 unspecified atom stereocenters. The lowest BCUT2D eigenvalue weighted by Gasteiger charge is -2.09. The predicted octanol–water partition coefficient (Wildman–Crippen LogP) is 3.74. The van der Waals surface area contributed by atoms with Crippen LogP contribution in [0, 0.1) is 5.92 Å². The molecular formula is C16H13F3O2. The first kappa shape index (κ1) is 15.2. The smallest absolute Gasteiger partial charge is 0.294 e. The largest absolute Gasteiger partial charge is 0.450 e. The van der Waals surface area contributed by atoms with E-state index in [0.29, 0.717) is 0 Å². The van der Waals surface area contributed by atoms with E-state index in [1.54, 1.807) is 12.2 Å². The van der Waals surface area contributed by atoms with E-state index >= 15 is 0 Å². The molecule has 2 rings (SSSR count). The first-order valence-corrected chi connectivity index (χ1v) is 6.47. The molecule has 0 amide bonds. The lowest BCUT2D eigenvalue weighted by atomic mass is 10.0. The standard InChI is InChI=1S/C16H13F3O2/c17-16(18,19)15(21)13-10-9-12(14(13)20)8-4-7-11-5-2-1-3-6-11/h1-8,13H,9-10H2. The van der Waals surface area contributed by atoms with Crippen LogP contribution in [0.3, 0.4) is 0 Å². The van der Waals surface area contributed by atoms with Gasteiger partial charge in [0, 0.05) is 0 Å². The van der Waals surface area contributed by atoms with Crippen LogP contribution in [0.1, 0.15) is 18.4 Å². The Balaban J connectivity index is 2.07. The third kappa shape index (κ3) is 3.68. The van der Waals surface area contributed by atoms with E-state index < -0.39 is 23.7 Å². The number of rotatable bonds is 3. The first-order valence-electron chi connectivity index (χ1n) is 6.47. The molecule has 0 bridgehead atoms. The van der Waals surface area contributed by atoms with Gasteiger partial charge in [-0.2, -0.15) is 13.2 Å². The van der Waals surface area contributed by atoms with Crippen LogP contribution in [0.25, 0.3) is 6.08 Å². The van der Waals surface area contributed by atoms with Crippen molar-refractivity contribution >= 4 is 17.6 Å². The molecule has 0 radical (unpaired) electrons. The van der Waals surface area contributed by atoms with Crippen molar-refractivity contribution in [2.24, 2.45) is 5.92 Å². The molecule has 0 heterocycles. The van der Waals surface area contributed by atoms with Crippen LogP contribution >= 0.6 is 0 Å². The van der Waals surface area contributed by atoms with Crippen LogP contribution in [0.5, 0.6) is 0 Å². The van der Waals surface area contributed by atoms with Crippen molar-refractivity contribution in [2.45, 2.75) is 19.0 Å². The quantitative estimate of drug-likeness (QED) is 0.628. The number of hydrogen-bond donors (Lipinski definition) is 0. The van der Waals surface area contributed by atoms with E-state index in [1.165, 1.54) is 6.08 Å². The Morgan fingerprint density at radius 2 is 1.86 bits per heavy atom. The summed E-state index contributed by atoms with van der Waals surface area (Å²) in [5, 5.41) is 0. The monoisotopic (exact) mass is 294 g/mol. The SMILES string of the molecule is O=C1C(=CC=Cc2ccccc2)CCC1C(=O)C(F)(F)F. The fourth-order valence-corrected chi connectivity index (χ4v) is 2.23. The van der Waals surface area contributed by atoms with Gasteiger partial charge < -0.3 is 0 Å².